The van der Waals surface area contributed by atoms with Crippen LogP contribution in [-0.4, -0.2) is 21.7 Å². The average molecular weight is 387 g/mol. The van der Waals surface area contributed by atoms with Crippen LogP contribution in [0.1, 0.15) is 21.7 Å². The Hall–Kier alpha value is -2.51. The summed E-state index contributed by atoms with van der Waals surface area (Å²) in [6.45, 7) is 1.45. The molecule has 1 aliphatic heterocycles. The Morgan fingerprint density at radius 1 is 1.15 bits per heavy atom. The number of hydrogen-bond acceptors (Lipinski definition) is 6. The van der Waals surface area contributed by atoms with E-state index in [1.165, 1.54) is 0 Å². The molecule has 3 aromatic rings. The van der Waals surface area contributed by atoms with Gasteiger partial charge in [-0.2, -0.15) is 0 Å². The van der Waals surface area contributed by atoms with Gasteiger partial charge in [0.05, 0.1) is 4.92 Å². The fraction of sp³-hybridized carbons (Fsp3) is 0.222. The number of nitrogens with zero attached hydrogens (tertiary/aromatic N) is 4. The second-order valence-corrected chi connectivity index (χ2v) is 7.64. The Morgan fingerprint density at radius 3 is 2.73 bits per heavy atom. The van der Waals surface area contributed by atoms with Crippen molar-refractivity contribution in [3.05, 3.63) is 79.3 Å². The van der Waals surface area contributed by atoms with E-state index in [0.29, 0.717) is 18.0 Å². The van der Waals surface area contributed by atoms with Crippen molar-refractivity contribution in [2.45, 2.75) is 19.4 Å². The van der Waals surface area contributed by atoms with E-state index < -0.39 is 0 Å². The van der Waals surface area contributed by atoms with Crippen molar-refractivity contribution in [1.29, 1.82) is 0 Å². The summed E-state index contributed by atoms with van der Waals surface area (Å²) in [5.74, 6) is 0. The van der Waals surface area contributed by atoms with Crippen molar-refractivity contribution in [3.63, 3.8) is 0 Å². The van der Waals surface area contributed by atoms with Crippen LogP contribution in [0.4, 0.5) is 10.8 Å². The molecule has 4 rings (SSSR count). The van der Waals surface area contributed by atoms with E-state index >= 15 is 0 Å². The van der Waals surface area contributed by atoms with E-state index in [-0.39, 0.29) is 10.6 Å². The molecule has 6 nitrogen and oxygen atoms in total. The maximum Gasteiger partial charge on any atom is 0.269 e. The Kier molecular flexibility index (Phi) is 4.57. The van der Waals surface area contributed by atoms with E-state index in [1.54, 1.807) is 23.5 Å². The van der Waals surface area contributed by atoms with Gasteiger partial charge in [0.1, 0.15) is 5.01 Å². The second kappa shape index (κ2) is 7.01. The molecule has 2 aromatic carbocycles. The van der Waals surface area contributed by atoms with Crippen LogP contribution in [0.15, 0.2) is 42.5 Å². The molecule has 0 fully saturated rings. The molecule has 1 aromatic heterocycles. The molecule has 0 atom stereocenters. The lowest BCUT2D eigenvalue weighted by Gasteiger charge is -2.27. The Morgan fingerprint density at radius 2 is 1.96 bits per heavy atom. The van der Waals surface area contributed by atoms with Crippen LogP contribution in [0.3, 0.4) is 0 Å². The zero-order valence-electron chi connectivity index (χ0n) is 13.8. The van der Waals surface area contributed by atoms with Crippen molar-refractivity contribution in [1.82, 2.24) is 10.2 Å². The van der Waals surface area contributed by atoms with Gasteiger partial charge < -0.3 is 4.90 Å². The highest BCUT2D eigenvalue weighted by Crippen LogP contribution is 2.29. The van der Waals surface area contributed by atoms with E-state index in [0.717, 1.165) is 39.8 Å². The van der Waals surface area contributed by atoms with Crippen LogP contribution < -0.4 is 4.90 Å². The van der Waals surface area contributed by atoms with Gasteiger partial charge in [-0.05, 0) is 35.2 Å². The Labute approximate surface area is 159 Å². The minimum absolute atomic E-state index is 0.131. The highest BCUT2D eigenvalue weighted by Gasteiger charge is 2.21. The van der Waals surface area contributed by atoms with E-state index in [9.17, 15) is 10.1 Å². The first-order valence-electron chi connectivity index (χ1n) is 8.16. The standard InChI is InChI=1S/C18H15ClN4O2S/c19-15-4-1-12(2-5-15)9-17-20-21-18(26-17)22-8-7-13-3-6-16(23(24)25)10-14(13)11-22/h1-6,10H,7-9,11H2. The number of fused-ring (bicyclic) bond motifs is 1. The summed E-state index contributed by atoms with van der Waals surface area (Å²) < 4.78 is 0. The molecule has 0 N–H and O–H groups in total. The molecule has 0 radical (unpaired) electrons. The minimum Gasteiger partial charge on any atom is -0.342 e. The van der Waals surface area contributed by atoms with Gasteiger partial charge in [-0.25, -0.2) is 0 Å². The number of aromatic nitrogens is 2. The van der Waals surface area contributed by atoms with Crippen molar-refractivity contribution in [2.24, 2.45) is 0 Å². The largest absolute Gasteiger partial charge is 0.342 e. The van der Waals surface area contributed by atoms with E-state index in [1.807, 2.05) is 30.3 Å². The first-order chi connectivity index (χ1) is 12.6. The van der Waals surface area contributed by atoms with Crippen molar-refractivity contribution >= 4 is 33.8 Å². The number of non-ortho nitro benzene ring substituents is 1. The molecule has 0 unspecified atom stereocenters. The molecule has 0 bridgehead atoms. The van der Waals surface area contributed by atoms with Crippen LogP contribution in [-0.2, 0) is 19.4 Å². The van der Waals surface area contributed by atoms with Crippen molar-refractivity contribution < 1.29 is 4.92 Å². The zero-order valence-corrected chi connectivity index (χ0v) is 15.3. The van der Waals surface area contributed by atoms with Gasteiger partial charge in [-0.1, -0.05) is 41.1 Å². The molecule has 1 aliphatic rings. The highest BCUT2D eigenvalue weighted by molar-refractivity contribution is 7.15. The van der Waals surface area contributed by atoms with Crippen LogP contribution in [0.25, 0.3) is 0 Å². The molecule has 0 aliphatic carbocycles. The number of hydrogen-bond donors (Lipinski definition) is 0. The summed E-state index contributed by atoms with van der Waals surface area (Å²) in [6, 6.07) is 12.8. The van der Waals surface area contributed by atoms with Gasteiger partial charge in [0.15, 0.2) is 0 Å². The van der Waals surface area contributed by atoms with Gasteiger partial charge in [0.25, 0.3) is 5.69 Å². The summed E-state index contributed by atoms with van der Waals surface area (Å²) in [6.07, 6.45) is 1.56. The van der Waals surface area contributed by atoms with Gasteiger partial charge in [0, 0.05) is 36.7 Å². The molecule has 26 heavy (non-hydrogen) atoms. The lowest BCUT2D eigenvalue weighted by atomic mass is 9.99. The highest BCUT2D eigenvalue weighted by atomic mass is 35.5. The first-order valence-corrected chi connectivity index (χ1v) is 9.36. The smallest absolute Gasteiger partial charge is 0.269 e. The summed E-state index contributed by atoms with van der Waals surface area (Å²) in [4.78, 5) is 12.8. The van der Waals surface area contributed by atoms with Gasteiger partial charge >= 0.3 is 0 Å². The maximum atomic E-state index is 11.0. The number of halogens is 1. The number of anilines is 1. The fourth-order valence-corrected chi connectivity index (χ4v) is 4.06. The predicted octanol–water partition coefficient (Wildman–Crippen LogP) is 4.25. The number of nitro groups is 1. The Balaban J connectivity index is 1.50. The average Bonchev–Trinajstić information content (AvgIpc) is 3.11. The van der Waals surface area contributed by atoms with Crippen LogP contribution in [0.2, 0.25) is 5.02 Å². The number of benzene rings is 2. The van der Waals surface area contributed by atoms with Crippen molar-refractivity contribution in [3.8, 4) is 0 Å². The third kappa shape index (κ3) is 3.54. The van der Waals surface area contributed by atoms with Crippen molar-refractivity contribution in [2.75, 3.05) is 11.4 Å². The molecule has 132 valence electrons. The third-order valence-electron chi connectivity index (χ3n) is 4.41. The van der Waals surface area contributed by atoms with Crippen LogP contribution in [0.5, 0.6) is 0 Å². The monoisotopic (exact) mass is 386 g/mol. The summed E-state index contributed by atoms with van der Waals surface area (Å²) in [5, 5.41) is 22.1. The molecule has 8 heteroatoms. The summed E-state index contributed by atoms with van der Waals surface area (Å²) >= 11 is 7.48. The molecule has 0 amide bonds. The topological polar surface area (TPSA) is 72.2 Å². The molecule has 2 heterocycles. The second-order valence-electron chi connectivity index (χ2n) is 6.16. The fourth-order valence-electron chi connectivity index (χ4n) is 3.04. The third-order valence-corrected chi connectivity index (χ3v) is 5.64. The maximum absolute atomic E-state index is 11.0. The molecule has 0 saturated carbocycles. The minimum atomic E-state index is -0.353. The molecular formula is C18H15ClN4O2S. The molecular weight excluding hydrogens is 372 g/mol. The van der Waals surface area contributed by atoms with Gasteiger partial charge in [-0.3, -0.25) is 10.1 Å². The zero-order chi connectivity index (χ0) is 18.1. The Bertz CT molecular complexity index is 958. The lowest BCUT2D eigenvalue weighted by molar-refractivity contribution is -0.384. The molecule has 0 spiro atoms. The quantitative estimate of drug-likeness (QED) is 0.495. The van der Waals surface area contributed by atoms with E-state index in [2.05, 4.69) is 15.1 Å². The van der Waals surface area contributed by atoms with Gasteiger partial charge in [-0.15, -0.1) is 10.2 Å². The molecule has 0 saturated heterocycles. The predicted molar refractivity (Wildman–Crippen MR) is 102 cm³/mol. The van der Waals surface area contributed by atoms with Crippen LogP contribution >= 0.6 is 22.9 Å². The van der Waals surface area contributed by atoms with Crippen LogP contribution in [0, 0.1) is 10.1 Å². The van der Waals surface area contributed by atoms with Gasteiger partial charge in [0.2, 0.25) is 5.13 Å². The number of nitro benzene ring substituents is 1. The normalized spacial score (nSPS) is 13.5. The SMILES string of the molecule is O=[N+]([O-])c1ccc2c(c1)CN(c1nnc(Cc3ccc(Cl)cc3)s1)CC2. The van der Waals surface area contributed by atoms with E-state index in [4.69, 9.17) is 11.6 Å². The summed E-state index contributed by atoms with van der Waals surface area (Å²) in [5.41, 5.74) is 3.42. The lowest BCUT2D eigenvalue weighted by Crippen LogP contribution is -2.30. The first kappa shape index (κ1) is 16.9. The number of rotatable bonds is 4. The summed E-state index contributed by atoms with van der Waals surface area (Å²) in [7, 11) is 0.